The molecular formula is C26H24N2O4. The SMILES string of the molecule is COc1cccc(C(=O)N2CCCC2c2nc3cc(-c4cccc(OC)c4)ccc3o2)c1. The Morgan fingerprint density at radius 1 is 0.969 bits per heavy atom. The van der Waals surface area contributed by atoms with Crippen LogP contribution in [0.2, 0.25) is 0 Å². The number of benzene rings is 3. The van der Waals surface area contributed by atoms with Crippen LogP contribution in [0.1, 0.15) is 35.1 Å². The zero-order valence-electron chi connectivity index (χ0n) is 18.1. The largest absolute Gasteiger partial charge is 0.497 e. The van der Waals surface area contributed by atoms with Crippen LogP contribution >= 0.6 is 0 Å². The summed E-state index contributed by atoms with van der Waals surface area (Å²) in [6, 6.07) is 20.9. The number of carbonyl (C=O) groups excluding carboxylic acids is 1. The zero-order chi connectivity index (χ0) is 22.1. The molecule has 1 aliphatic rings. The first-order valence-corrected chi connectivity index (χ1v) is 10.7. The average molecular weight is 428 g/mol. The lowest BCUT2D eigenvalue weighted by Crippen LogP contribution is -2.30. The lowest BCUT2D eigenvalue weighted by Gasteiger charge is -2.22. The normalized spacial score (nSPS) is 15.8. The van der Waals surface area contributed by atoms with E-state index in [4.69, 9.17) is 18.9 Å². The summed E-state index contributed by atoms with van der Waals surface area (Å²) in [6.45, 7) is 0.675. The van der Waals surface area contributed by atoms with Crippen molar-refractivity contribution in [3.8, 4) is 22.6 Å². The Labute approximate surface area is 186 Å². The highest BCUT2D eigenvalue weighted by Gasteiger charge is 2.34. The molecule has 5 rings (SSSR count). The summed E-state index contributed by atoms with van der Waals surface area (Å²) < 4.78 is 16.7. The topological polar surface area (TPSA) is 64.8 Å². The highest BCUT2D eigenvalue weighted by atomic mass is 16.5. The summed E-state index contributed by atoms with van der Waals surface area (Å²) in [4.78, 5) is 19.8. The fraction of sp³-hybridized carbons (Fsp3) is 0.231. The molecule has 0 N–H and O–H groups in total. The number of likely N-dealkylation sites (tertiary alicyclic amines) is 1. The smallest absolute Gasteiger partial charge is 0.254 e. The second-order valence-electron chi connectivity index (χ2n) is 7.86. The van der Waals surface area contributed by atoms with Gasteiger partial charge in [-0.05, 0) is 66.4 Å². The van der Waals surface area contributed by atoms with Gasteiger partial charge in [0.25, 0.3) is 5.91 Å². The van der Waals surface area contributed by atoms with Crippen LogP contribution in [0.5, 0.6) is 11.5 Å². The number of aromatic nitrogens is 1. The first-order valence-electron chi connectivity index (χ1n) is 10.7. The molecule has 2 heterocycles. The summed E-state index contributed by atoms with van der Waals surface area (Å²) in [7, 11) is 3.26. The van der Waals surface area contributed by atoms with Crippen molar-refractivity contribution in [1.29, 1.82) is 0 Å². The van der Waals surface area contributed by atoms with E-state index in [9.17, 15) is 4.79 Å². The van der Waals surface area contributed by atoms with E-state index in [-0.39, 0.29) is 11.9 Å². The fourth-order valence-electron chi connectivity index (χ4n) is 4.26. The molecule has 1 atom stereocenters. The highest BCUT2D eigenvalue weighted by molar-refractivity contribution is 5.95. The van der Waals surface area contributed by atoms with Crippen LogP contribution in [0.4, 0.5) is 0 Å². The molecule has 162 valence electrons. The maximum atomic E-state index is 13.2. The van der Waals surface area contributed by atoms with Crippen LogP contribution in [0.25, 0.3) is 22.2 Å². The minimum Gasteiger partial charge on any atom is -0.497 e. The third kappa shape index (κ3) is 3.68. The number of amides is 1. The van der Waals surface area contributed by atoms with Gasteiger partial charge in [-0.2, -0.15) is 0 Å². The van der Waals surface area contributed by atoms with Gasteiger partial charge in [-0.25, -0.2) is 4.98 Å². The van der Waals surface area contributed by atoms with Crippen molar-refractivity contribution in [2.75, 3.05) is 20.8 Å². The van der Waals surface area contributed by atoms with Gasteiger partial charge in [-0.3, -0.25) is 4.79 Å². The van der Waals surface area contributed by atoms with E-state index in [0.717, 1.165) is 35.2 Å². The lowest BCUT2D eigenvalue weighted by atomic mass is 10.1. The predicted molar refractivity (Wildman–Crippen MR) is 122 cm³/mol. The van der Waals surface area contributed by atoms with Crippen LogP contribution in [-0.2, 0) is 0 Å². The maximum absolute atomic E-state index is 13.2. The lowest BCUT2D eigenvalue weighted by molar-refractivity contribution is 0.0716. The molecule has 0 radical (unpaired) electrons. The second-order valence-corrected chi connectivity index (χ2v) is 7.86. The van der Waals surface area contributed by atoms with Crippen LogP contribution in [-0.4, -0.2) is 36.6 Å². The summed E-state index contributed by atoms with van der Waals surface area (Å²) in [5.74, 6) is 2.02. The third-order valence-electron chi connectivity index (χ3n) is 5.92. The number of hydrogen-bond donors (Lipinski definition) is 0. The van der Waals surface area contributed by atoms with Crippen molar-refractivity contribution >= 4 is 17.0 Å². The van der Waals surface area contributed by atoms with Crippen molar-refractivity contribution in [3.63, 3.8) is 0 Å². The Morgan fingerprint density at radius 2 is 1.72 bits per heavy atom. The number of carbonyl (C=O) groups is 1. The quantitative estimate of drug-likeness (QED) is 0.421. The molecule has 1 unspecified atom stereocenters. The number of methoxy groups -OCH3 is 2. The third-order valence-corrected chi connectivity index (χ3v) is 5.92. The summed E-state index contributed by atoms with van der Waals surface area (Å²) in [6.07, 6.45) is 1.74. The fourth-order valence-corrected chi connectivity index (χ4v) is 4.26. The number of hydrogen-bond acceptors (Lipinski definition) is 5. The Morgan fingerprint density at radius 3 is 2.53 bits per heavy atom. The molecular weight excluding hydrogens is 404 g/mol. The molecule has 0 aliphatic carbocycles. The molecule has 0 spiro atoms. The molecule has 1 fully saturated rings. The highest BCUT2D eigenvalue weighted by Crippen LogP contribution is 2.35. The molecule has 0 bridgehead atoms. The zero-order valence-corrected chi connectivity index (χ0v) is 18.1. The number of ether oxygens (including phenoxy) is 2. The molecule has 32 heavy (non-hydrogen) atoms. The standard InChI is InChI=1S/C26H24N2O4/c1-30-20-8-3-6-17(14-20)18-11-12-24-22(16-18)27-25(32-24)23-10-5-13-28(23)26(29)19-7-4-9-21(15-19)31-2/h3-4,6-9,11-12,14-16,23H,5,10,13H2,1-2H3. The van der Waals surface area contributed by atoms with Crippen molar-refractivity contribution in [2.24, 2.45) is 0 Å². The van der Waals surface area contributed by atoms with Crippen molar-refractivity contribution in [3.05, 3.63) is 78.2 Å². The van der Waals surface area contributed by atoms with Gasteiger partial charge in [0.05, 0.1) is 14.2 Å². The van der Waals surface area contributed by atoms with E-state index in [1.54, 1.807) is 20.3 Å². The Balaban J connectivity index is 1.45. The number of rotatable bonds is 5. The molecule has 6 heteroatoms. The van der Waals surface area contributed by atoms with E-state index in [2.05, 4.69) is 0 Å². The van der Waals surface area contributed by atoms with Gasteiger partial charge in [-0.1, -0.05) is 24.3 Å². The van der Waals surface area contributed by atoms with E-state index in [1.807, 2.05) is 65.6 Å². The molecule has 1 amide bonds. The second kappa shape index (κ2) is 8.38. The maximum Gasteiger partial charge on any atom is 0.254 e. The Hall–Kier alpha value is -3.80. The molecule has 4 aromatic rings. The molecule has 1 aliphatic heterocycles. The van der Waals surface area contributed by atoms with Gasteiger partial charge < -0.3 is 18.8 Å². The van der Waals surface area contributed by atoms with E-state index in [1.165, 1.54) is 0 Å². The van der Waals surface area contributed by atoms with Crippen molar-refractivity contribution in [2.45, 2.75) is 18.9 Å². The van der Waals surface area contributed by atoms with Crippen LogP contribution < -0.4 is 9.47 Å². The monoisotopic (exact) mass is 428 g/mol. The number of oxazole rings is 1. The molecule has 1 saturated heterocycles. The molecule has 0 saturated carbocycles. The molecule has 1 aromatic heterocycles. The minimum atomic E-state index is -0.179. The minimum absolute atomic E-state index is 0.0364. The van der Waals surface area contributed by atoms with Gasteiger partial charge in [0.15, 0.2) is 5.58 Å². The molecule has 6 nitrogen and oxygen atoms in total. The number of nitrogens with zero attached hydrogens (tertiary/aromatic N) is 2. The van der Waals surface area contributed by atoms with Crippen molar-refractivity contribution < 1.29 is 18.7 Å². The van der Waals surface area contributed by atoms with Crippen LogP contribution in [0.3, 0.4) is 0 Å². The van der Waals surface area contributed by atoms with Gasteiger partial charge in [0.1, 0.15) is 23.1 Å². The van der Waals surface area contributed by atoms with Gasteiger partial charge in [0.2, 0.25) is 5.89 Å². The average Bonchev–Trinajstić information content (AvgIpc) is 3.50. The van der Waals surface area contributed by atoms with E-state index < -0.39 is 0 Å². The van der Waals surface area contributed by atoms with Gasteiger partial charge in [-0.15, -0.1) is 0 Å². The van der Waals surface area contributed by atoms with Crippen LogP contribution in [0, 0.1) is 0 Å². The summed E-state index contributed by atoms with van der Waals surface area (Å²) in [5.41, 5.74) is 4.18. The van der Waals surface area contributed by atoms with E-state index in [0.29, 0.717) is 29.3 Å². The Kier molecular flexibility index (Phi) is 5.27. The van der Waals surface area contributed by atoms with Gasteiger partial charge >= 0.3 is 0 Å². The summed E-state index contributed by atoms with van der Waals surface area (Å²) >= 11 is 0. The molecule has 3 aromatic carbocycles. The number of fused-ring (bicyclic) bond motifs is 1. The summed E-state index contributed by atoms with van der Waals surface area (Å²) in [5, 5.41) is 0. The first-order chi connectivity index (χ1) is 15.7. The predicted octanol–water partition coefficient (Wildman–Crippen LogP) is 5.49. The van der Waals surface area contributed by atoms with Crippen LogP contribution in [0.15, 0.2) is 71.1 Å². The van der Waals surface area contributed by atoms with Crippen molar-refractivity contribution in [1.82, 2.24) is 9.88 Å². The van der Waals surface area contributed by atoms with Gasteiger partial charge in [0, 0.05) is 12.1 Å². The Bertz CT molecular complexity index is 1280. The van der Waals surface area contributed by atoms with E-state index >= 15 is 0 Å². The first kappa shape index (κ1) is 20.1.